The molecule has 0 radical (unpaired) electrons. The van der Waals surface area contributed by atoms with Crippen molar-refractivity contribution in [1.29, 1.82) is 0 Å². The number of benzene rings is 2. The quantitative estimate of drug-likeness (QED) is 0.433. The van der Waals surface area contributed by atoms with Crippen molar-refractivity contribution in [2.24, 2.45) is 0 Å². The second kappa shape index (κ2) is 14.6. The van der Waals surface area contributed by atoms with Gasteiger partial charge in [0.25, 0.3) is 5.91 Å². The van der Waals surface area contributed by atoms with E-state index in [0.29, 0.717) is 58.2 Å². The lowest BCUT2D eigenvalue weighted by Gasteiger charge is -2.41. The molecule has 0 saturated carbocycles. The van der Waals surface area contributed by atoms with Gasteiger partial charge in [-0.2, -0.15) is 0 Å². The average molecular weight is 660 g/mol. The summed E-state index contributed by atoms with van der Waals surface area (Å²) in [6, 6.07) is 12.4. The van der Waals surface area contributed by atoms with Gasteiger partial charge in [-0.1, -0.05) is 24.3 Å². The number of fused-ring (bicyclic) bond motifs is 2. The maximum absolute atomic E-state index is 14.1. The molecular formula is C36H49N7O5. The van der Waals surface area contributed by atoms with E-state index in [2.05, 4.69) is 33.0 Å². The first-order valence-corrected chi connectivity index (χ1v) is 17.8. The number of ether oxygens (including phenoxy) is 2. The summed E-state index contributed by atoms with van der Waals surface area (Å²) in [4.78, 5) is 48.9. The molecule has 48 heavy (non-hydrogen) atoms. The minimum absolute atomic E-state index is 0.0323. The molecule has 3 N–H and O–H groups in total. The summed E-state index contributed by atoms with van der Waals surface area (Å²) in [5.74, 6) is 0.639. The molecule has 1 atom stereocenters. The Morgan fingerprint density at radius 3 is 2.44 bits per heavy atom. The SMILES string of the molecule is Cc1cc(CC(OC(=O)N2CCC(N3CCc4ccccc4NC3=O)CC2)C(=O)N2CCC(N3CCNCC3)CC2)cc2c1NCCO2. The van der Waals surface area contributed by atoms with Gasteiger partial charge in [0, 0.05) is 89.6 Å². The molecule has 2 aromatic carbocycles. The Kier molecular flexibility index (Phi) is 9.90. The highest BCUT2D eigenvalue weighted by Crippen LogP contribution is 2.33. The summed E-state index contributed by atoms with van der Waals surface area (Å²) in [5, 5.41) is 9.89. The molecule has 4 amide bonds. The summed E-state index contributed by atoms with van der Waals surface area (Å²) >= 11 is 0. The Bertz CT molecular complexity index is 1480. The molecular weight excluding hydrogens is 610 g/mol. The normalized spacial score (nSPS) is 21.6. The van der Waals surface area contributed by atoms with Crippen LogP contribution in [0.15, 0.2) is 36.4 Å². The van der Waals surface area contributed by atoms with Gasteiger partial charge in [-0.15, -0.1) is 0 Å². The molecule has 1 unspecified atom stereocenters. The number of likely N-dealkylation sites (tertiary alicyclic amines) is 2. The van der Waals surface area contributed by atoms with E-state index in [0.717, 1.165) is 85.8 Å². The Morgan fingerprint density at radius 2 is 1.65 bits per heavy atom. The number of rotatable bonds is 6. The van der Waals surface area contributed by atoms with Crippen LogP contribution in [0, 0.1) is 6.92 Å². The molecule has 0 bridgehead atoms. The van der Waals surface area contributed by atoms with Crippen LogP contribution in [0.2, 0.25) is 0 Å². The number of nitrogens with one attached hydrogen (secondary N) is 3. The molecule has 12 heteroatoms. The molecule has 3 fully saturated rings. The summed E-state index contributed by atoms with van der Waals surface area (Å²) in [6.45, 7) is 10.3. The number of piperazine rings is 1. The molecule has 0 spiro atoms. The number of anilines is 2. The predicted molar refractivity (Wildman–Crippen MR) is 184 cm³/mol. The second-order valence-electron chi connectivity index (χ2n) is 13.7. The number of para-hydroxylation sites is 1. The lowest BCUT2D eigenvalue weighted by atomic mass is 9.99. The highest BCUT2D eigenvalue weighted by atomic mass is 16.6. The molecule has 2 aromatic rings. The second-order valence-corrected chi connectivity index (χ2v) is 13.7. The summed E-state index contributed by atoms with van der Waals surface area (Å²) < 4.78 is 12.1. The van der Waals surface area contributed by atoms with Crippen molar-refractivity contribution in [2.75, 3.05) is 82.7 Å². The van der Waals surface area contributed by atoms with Crippen LogP contribution >= 0.6 is 0 Å². The fraction of sp³-hybridized carbons (Fsp3) is 0.583. The number of amides is 4. The number of aryl methyl sites for hydroxylation is 1. The zero-order chi connectivity index (χ0) is 33.0. The fourth-order valence-corrected chi connectivity index (χ4v) is 8.01. The van der Waals surface area contributed by atoms with Crippen LogP contribution in [0.3, 0.4) is 0 Å². The fourth-order valence-electron chi connectivity index (χ4n) is 8.01. The topological polar surface area (TPSA) is 119 Å². The zero-order valence-corrected chi connectivity index (χ0v) is 28.0. The first-order valence-electron chi connectivity index (χ1n) is 17.8. The third kappa shape index (κ3) is 7.19. The number of hydrogen-bond donors (Lipinski definition) is 3. The maximum Gasteiger partial charge on any atom is 0.410 e. The van der Waals surface area contributed by atoms with E-state index >= 15 is 0 Å². The van der Waals surface area contributed by atoms with Crippen molar-refractivity contribution >= 4 is 29.4 Å². The Hall–Kier alpha value is -4.03. The lowest BCUT2D eigenvalue weighted by Crippen LogP contribution is -2.54. The van der Waals surface area contributed by atoms with E-state index < -0.39 is 12.2 Å². The van der Waals surface area contributed by atoms with Gasteiger partial charge in [-0.05, 0) is 67.9 Å². The van der Waals surface area contributed by atoms with Gasteiger partial charge < -0.3 is 40.1 Å². The van der Waals surface area contributed by atoms with Gasteiger partial charge in [0.1, 0.15) is 12.4 Å². The number of carbonyl (C=O) groups is 3. The van der Waals surface area contributed by atoms with E-state index in [4.69, 9.17) is 9.47 Å². The number of piperidine rings is 2. The van der Waals surface area contributed by atoms with Crippen LogP contribution in [0.5, 0.6) is 5.75 Å². The van der Waals surface area contributed by atoms with Crippen LogP contribution in [0.1, 0.15) is 42.4 Å². The lowest BCUT2D eigenvalue weighted by molar-refractivity contribution is -0.142. The Morgan fingerprint density at radius 1 is 0.917 bits per heavy atom. The number of nitrogens with zero attached hydrogens (tertiary/aromatic N) is 4. The van der Waals surface area contributed by atoms with Gasteiger partial charge in [-0.3, -0.25) is 9.69 Å². The largest absolute Gasteiger partial charge is 0.490 e. The van der Waals surface area contributed by atoms with Crippen molar-refractivity contribution in [1.82, 2.24) is 24.9 Å². The smallest absolute Gasteiger partial charge is 0.410 e. The molecule has 12 nitrogen and oxygen atoms in total. The van der Waals surface area contributed by atoms with Gasteiger partial charge in [0.05, 0.1) is 5.69 Å². The molecule has 258 valence electrons. The van der Waals surface area contributed by atoms with E-state index in [1.165, 1.54) is 0 Å². The van der Waals surface area contributed by atoms with Crippen LogP contribution in [-0.2, 0) is 22.4 Å². The summed E-state index contributed by atoms with van der Waals surface area (Å²) in [6.07, 6.45) is 2.83. The van der Waals surface area contributed by atoms with E-state index in [1.54, 1.807) is 4.90 Å². The predicted octanol–water partition coefficient (Wildman–Crippen LogP) is 3.30. The summed E-state index contributed by atoms with van der Waals surface area (Å²) in [7, 11) is 0. The first-order chi connectivity index (χ1) is 23.4. The molecule has 5 heterocycles. The monoisotopic (exact) mass is 659 g/mol. The highest BCUT2D eigenvalue weighted by molar-refractivity contribution is 5.91. The summed E-state index contributed by atoms with van der Waals surface area (Å²) in [5.41, 5.74) is 4.93. The molecule has 7 rings (SSSR count). The van der Waals surface area contributed by atoms with Crippen molar-refractivity contribution < 1.29 is 23.9 Å². The Balaban J connectivity index is 1.00. The number of hydrogen-bond acceptors (Lipinski definition) is 8. The van der Waals surface area contributed by atoms with E-state index in [9.17, 15) is 14.4 Å². The van der Waals surface area contributed by atoms with Gasteiger partial charge in [0.2, 0.25) is 0 Å². The van der Waals surface area contributed by atoms with E-state index in [-0.39, 0.29) is 24.4 Å². The minimum Gasteiger partial charge on any atom is -0.490 e. The maximum atomic E-state index is 14.1. The van der Waals surface area contributed by atoms with Crippen molar-refractivity contribution in [3.8, 4) is 5.75 Å². The van der Waals surface area contributed by atoms with Crippen molar-refractivity contribution in [3.63, 3.8) is 0 Å². The highest BCUT2D eigenvalue weighted by Gasteiger charge is 2.36. The van der Waals surface area contributed by atoms with Crippen LogP contribution in [0.25, 0.3) is 0 Å². The van der Waals surface area contributed by atoms with Crippen molar-refractivity contribution in [3.05, 3.63) is 53.1 Å². The number of carbonyl (C=O) groups excluding carboxylic acids is 3. The van der Waals surface area contributed by atoms with Crippen LogP contribution < -0.4 is 20.7 Å². The van der Waals surface area contributed by atoms with Crippen LogP contribution in [0.4, 0.5) is 21.0 Å². The molecule has 0 aromatic heterocycles. The zero-order valence-electron chi connectivity index (χ0n) is 28.0. The molecule has 5 aliphatic heterocycles. The standard InChI is InChI=1S/C36H49N7O5/c1-25-22-26(23-31-33(25)38-13-21-47-31)24-32(34(44)41-14-7-28(8-15-41)40-19-11-37-12-20-40)48-36(46)42-16-9-29(10-17-42)43-18-6-27-4-2-3-5-30(27)39-35(43)45/h2-5,22-23,28-29,32,37-38H,6-21,24H2,1H3,(H,39,45). The van der Waals surface area contributed by atoms with Crippen LogP contribution in [-0.4, -0.2) is 128 Å². The van der Waals surface area contributed by atoms with Crippen molar-refractivity contribution in [2.45, 2.75) is 63.6 Å². The Labute approximate surface area is 283 Å². The van der Waals surface area contributed by atoms with Gasteiger partial charge in [0.15, 0.2) is 6.10 Å². The average Bonchev–Trinajstić information content (AvgIpc) is 3.29. The third-order valence-electron chi connectivity index (χ3n) is 10.7. The molecule has 3 saturated heterocycles. The van der Waals surface area contributed by atoms with Gasteiger partial charge in [-0.25, -0.2) is 9.59 Å². The minimum atomic E-state index is -0.935. The molecule has 5 aliphatic rings. The molecule has 0 aliphatic carbocycles. The first kappa shape index (κ1) is 32.5. The van der Waals surface area contributed by atoms with Gasteiger partial charge >= 0.3 is 12.1 Å². The third-order valence-corrected chi connectivity index (χ3v) is 10.7. The van der Waals surface area contributed by atoms with E-state index in [1.807, 2.05) is 41.0 Å². The number of urea groups is 1.